The SMILES string of the molecule is CC(C)CO.CCCC. The Bertz CT molecular complexity index is 31.5. The molecular formula is C8H20O. The number of hydrogen-bond donors (Lipinski definition) is 1. The molecule has 0 aliphatic heterocycles. The summed E-state index contributed by atoms with van der Waals surface area (Å²) in [5.41, 5.74) is 0. The molecule has 0 atom stereocenters. The fraction of sp³-hybridized carbons (Fsp3) is 1.00. The van der Waals surface area contributed by atoms with Crippen LogP contribution in [0.4, 0.5) is 0 Å². The van der Waals surface area contributed by atoms with Gasteiger partial charge in [0, 0.05) is 6.61 Å². The minimum atomic E-state index is 0.306. The number of aliphatic hydroxyl groups is 1. The van der Waals surface area contributed by atoms with E-state index in [2.05, 4.69) is 13.8 Å². The van der Waals surface area contributed by atoms with E-state index in [0.717, 1.165) is 0 Å². The summed E-state index contributed by atoms with van der Waals surface area (Å²) in [6, 6.07) is 0. The molecule has 0 aromatic rings. The van der Waals surface area contributed by atoms with Crippen LogP contribution in [0.2, 0.25) is 0 Å². The highest BCUT2D eigenvalue weighted by atomic mass is 16.3. The van der Waals surface area contributed by atoms with Gasteiger partial charge in [-0.1, -0.05) is 40.5 Å². The van der Waals surface area contributed by atoms with Gasteiger partial charge < -0.3 is 5.11 Å². The van der Waals surface area contributed by atoms with Crippen LogP contribution in [0.15, 0.2) is 0 Å². The van der Waals surface area contributed by atoms with Crippen molar-refractivity contribution in [2.75, 3.05) is 6.61 Å². The summed E-state index contributed by atoms with van der Waals surface area (Å²) in [7, 11) is 0. The van der Waals surface area contributed by atoms with E-state index in [1.807, 2.05) is 13.8 Å². The van der Waals surface area contributed by atoms with Gasteiger partial charge in [0.2, 0.25) is 0 Å². The molecule has 0 saturated heterocycles. The monoisotopic (exact) mass is 132 g/mol. The van der Waals surface area contributed by atoms with Crippen LogP contribution < -0.4 is 0 Å². The quantitative estimate of drug-likeness (QED) is 0.612. The summed E-state index contributed by atoms with van der Waals surface area (Å²) < 4.78 is 0. The lowest BCUT2D eigenvalue weighted by Crippen LogP contribution is -1.90. The van der Waals surface area contributed by atoms with Crippen LogP contribution in [0.3, 0.4) is 0 Å². The third-order valence-electron chi connectivity index (χ3n) is 0.865. The van der Waals surface area contributed by atoms with Crippen LogP contribution in [0.1, 0.15) is 40.5 Å². The molecule has 0 spiro atoms. The van der Waals surface area contributed by atoms with Crippen LogP contribution in [-0.2, 0) is 0 Å². The second kappa shape index (κ2) is 10.9. The van der Waals surface area contributed by atoms with E-state index in [1.54, 1.807) is 0 Å². The van der Waals surface area contributed by atoms with E-state index in [4.69, 9.17) is 5.11 Å². The predicted molar refractivity (Wildman–Crippen MR) is 42.5 cm³/mol. The van der Waals surface area contributed by atoms with Crippen molar-refractivity contribution < 1.29 is 5.11 Å². The topological polar surface area (TPSA) is 20.2 Å². The summed E-state index contributed by atoms with van der Waals surface area (Å²) in [5.74, 6) is 0.440. The highest BCUT2D eigenvalue weighted by molar-refractivity contribution is 4.32. The normalized spacial score (nSPS) is 8.67. The molecule has 0 unspecified atom stereocenters. The summed E-state index contributed by atoms with van der Waals surface area (Å²) in [5, 5.41) is 8.14. The van der Waals surface area contributed by atoms with Gasteiger partial charge in [0.15, 0.2) is 0 Å². The smallest absolute Gasteiger partial charge is 0.0453 e. The molecule has 0 fully saturated rings. The zero-order valence-corrected chi connectivity index (χ0v) is 7.15. The van der Waals surface area contributed by atoms with Crippen molar-refractivity contribution in [3.8, 4) is 0 Å². The van der Waals surface area contributed by atoms with Crippen molar-refractivity contribution >= 4 is 0 Å². The number of hydrogen-bond acceptors (Lipinski definition) is 1. The van der Waals surface area contributed by atoms with Crippen molar-refractivity contribution in [1.82, 2.24) is 0 Å². The Morgan fingerprint density at radius 3 is 1.33 bits per heavy atom. The molecule has 0 aliphatic carbocycles. The zero-order chi connectivity index (χ0) is 7.70. The molecule has 0 aliphatic rings. The molecule has 0 rings (SSSR count). The standard InChI is InChI=1S/C4H10O.C4H10/c1-4(2)3-5;1-3-4-2/h4-5H,3H2,1-2H3;3-4H2,1-2H3. The molecule has 1 N–H and O–H groups in total. The molecule has 1 nitrogen and oxygen atoms in total. The minimum absolute atomic E-state index is 0.306. The van der Waals surface area contributed by atoms with Crippen molar-refractivity contribution in [3.63, 3.8) is 0 Å². The molecular weight excluding hydrogens is 112 g/mol. The lowest BCUT2D eigenvalue weighted by atomic mass is 10.2. The average Bonchev–Trinajstić information content (AvgIpc) is 1.89. The number of aliphatic hydroxyl groups excluding tert-OH is 1. The maximum atomic E-state index is 8.14. The number of rotatable bonds is 2. The van der Waals surface area contributed by atoms with Gasteiger partial charge in [-0.3, -0.25) is 0 Å². The van der Waals surface area contributed by atoms with Crippen LogP contribution in [0, 0.1) is 5.92 Å². The first kappa shape index (κ1) is 11.7. The van der Waals surface area contributed by atoms with Crippen molar-refractivity contribution in [3.05, 3.63) is 0 Å². The van der Waals surface area contributed by atoms with Gasteiger partial charge in [-0.25, -0.2) is 0 Å². The van der Waals surface area contributed by atoms with E-state index in [9.17, 15) is 0 Å². The van der Waals surface area contributed by atoms with Gasteiger partial charge in [-0.2, -0.15) is 0 Å². The molecule has 0 bridgehead atoms. The van der Waals surface area contributed by atoms with Crippen LogP contribution in [0.25, 0.3) is 0 Å². The summed E-state index contributed by atoms with van der Waals surface area (Å²) in [4.78, 5) is 0. The molecule has 0 aromatic carbocycles. The molecule has 0 saturated carbocycles. The third-order valence-corrected chi connectivity index (χ3v) is 0.865. The van der Waals surface area contributed by atoms with Crippen LogP contribution >= 0.6 is 0 Å². The number of unbranched alkanes of at least 4 members (excludes halogenated alkanes) is 1. The lowest BCUT2D eigenvalue weighted by molar-refractivity contribution is 0.248. The second-order valence-electron chi connectivity index (χ2n) is 2.58. The highest BCUT2D eigenvalue weighted by Crippen LogP contribution is 1.83. The van der Waals surface area contributed by atoms with E-state index in [-0.39, 0.29) is 0 Å². The van der Waals surface area contributed by atoms with Gasteiger partial charge >= 0.3 is 0 Å². The molecule has 0 aromatic heterocycles. The second-order valence-corrected chi connectivity index (χ2v) is 2.58. The Kier molecular flexibility index (Phi) is 14.1. The summed E-state index contributed by atoms with van der Waals surface area (Å²) in [6.45, 7) is 8.61. The molecule has 58 valence electrons. The Labute approximate surface area is 59.1 Å². The van der Waals surface area contributed by atoms with Crippen molar-refractivity contribution in [2.24, 2.45) is 5.92 Å². The molecule has 0 radical (unpaired) electrons. The highest BCUT2D eigenvalue weighted by Gasteiger charge is 1.81. The average molecular weight is 132 g/mol. The Morgan fingerprint density at radius 1 is 1.11 bits per heavy atom. The van der Waals surface area contributed by atoms with Crippen LogP contribution in [0.5, 0.6) is 0 Å². The Balaban J connectivity index is 0. The molecule has 1 heteroatoms. The van der Waals surface area contributed by atoms with Gasteiger partial charge in [0.05, 0.1) is 0 Å². The third kappa shape index (κ3) is 32.3. The minimum Gasteiger partial charge on any atom is -0.396 e. The molecule has 0 amide bonds. The lowest BCUT2D eigenvalue weighted by Gasteiger charge is -1.90. The first-order valence-electron chi connectivity index (χ1n) is 3.79. The van der Waals surface area contributed by atoms with Crippen LogP contribution in [-0.4, -0.2) is 11.7 Å². The summed E-state index contributed by atoms with van der Waals surface area (Å²) >= 11 is 0. The van der Waals surface area contributed by atoms with Gasteiger partial charge in [-0.15, -0.1) is 0 Å². The van der Waals surface area contributed by atoms with Gasteiger partial charge in [0.25, 0.3) is 0 Å². The van der Waals surface area contributed by atoms with Crippen molar-refractivity contribution in [2.45, 2.75) is 40.5 Å². The molecule has 9 heavy (non-hydrogen) atoms. The first-order chi connectivity index (χ1) is 4.18. The Morgan fingerprint density at radius 2 is 1.33 bits per heavy atom. The maximum Gasteiger partial charge on any atom is 0.0453 e. The Hall–Kier alpha value is -0.0400. The fourth-order valence-electron chi connectivity index (χ4n) is 0. The van der Waals surface area contributed by atoms with Crippen molar-refractivity contribution in [1.29, 1.82) is 0 Å². The van der Waals surface area contributed by atoms with E-state index in [1.165, 1.54) is 12.8 Å². The fourth-order valence-corrected chi connectivity index (χ4v) is 0. The molecule has 0 heterocycles. The van der Waals surface area contributed by atoms with E-state index < -0.39 is 0 Å². The van der Waals surface area contributed by atoms with Gasteiger partial charge in [0.1, 0.15) is 0 Å². The van der Waals surface area contributed by atoms with Gasteiger partial charge in [-0.05, 0) is 5.92 Å². The first-order valence-corrected chi connectivity index (χ1v) is 3.79. The van der Waals surface area contributed by atoms with E-state index in [0.29, 0.717) is 12.5 Å². The maximum absolute atomic E-state index is 8.14. The largest absolute Gasteiger partial charge is 0.396 e. The van der Waals surface area contributed by atoms with E-state index >= 15 is 0 Å². The predicted octanol–water partition coefficient (Wildman–Crippen LogP) is 2.44. The summed E-state index contributed by atoms with van der Waals surface area (Å²) in [6.07, 6.45) is 2.64. The zero-order valence-electron chi connectivity index (χ0n) is 7.15.